The second-order valence-electron chi connectivity index (χ2n) is 13.5. The van der Waals surface area contributed by atoms with Crippen molar-refractivity contribution in [3.63, 3.8) is 0 Å². The maximum absolute atomic E-state index is 14.4. The van der Waals surface area contributed by atoms with Crippen molar-refractivity contribution in [2.24, 2.45) is 7.05 Å². The number of ether oxygens (including phenoxy) is 2. The van der Waals surface area contributed by atoms with Crippen LogP contribution in [0.3, 0.4) is 0 Å². The number of hydrogen-bond acceptors (Lipinski definition) is 7. The lowest BCUT2D eigenvalue weighted by molar-refractivity contribution is 0.0587. The first kappa shape index (κ1) is 41.3. The second kappa shape index (κ2) is 19.6. The molecule has 0 fully saturated rings. The van der Waals surface area contributed by atoms with Gasteiger partial charge in [-0.25, -0.2) is 19.2 Å². The monoisotopic (exact) mass is 767 g/mol. The molecule has 11 heteroatoms. The molecule has 6 aromatic rings. The van der Waals surface area contributed by atoms with E-state index in [-0.39, 0.29) is 5.82 Å². The fourth-order valence-corrected chi connectivity index (χ4v) is 8.31. The van der Waals surface area contributed by atoms with Crippen LogP contribution < -0.4 is 4.74 Å². The van der Waals surface area contributed by atoms with E-state index in [4.69, 9.17) is 9.47 Å². The van der Waals surface area contributed by atoms with E-state index in [1.165, 1.54) is 25.9 Å². The van der Waals surface area contributed by atoms with Gasteiger partial charge in [0.15, 0.2) is 0 Å². The molecule has 0 N–H and O–H groups in total. The normalized spacial score (nSPS) is 14.9. The van der Waals surface area contributed by atoms with Crippen LogP contribution in [0.2, 0.25) is 0 Å². The van der Waals surface area contributed by atoms with Crippen LogP contribution in [0.25, 0.3) is 32.8 Å². The van der Waals surface area contributed by atoms with E-state index in [9.17, 15) is 13.4 Å². The predicted octanol–water partition coefficient (Wildman–Crippen LogP) is 9.36. The molecule has 0 amide bonds. The van der Waals surface area contributed by atoms with E-state index in [0.29, 0.717) is 61.8 Å². The van der Waals surface area contributed by atoms with Crippen LogP contribution >= 0.6 is 0 Å². The molecule has 4 heterocycles. The topological polar surface area (TPSA) is 101 Å². The molecule has 1 aliphatic heterocycles. The van der Waals surface area contributed by atoms with Crippen LogP contribution in [0.15, 0.2) is 67.3 Å². The number of carbonyl (C=O) groups excluding carboxylic acids is 1. The van der Waals surface area contributed by atoms with Gasteiger partial charge in [-0.15, -0.1) is 0 Å². The Hall–Kier alpha value is -4.90. The highest BCUT2D eigenvalue weighted by Gasteiger charge is 2.27. The van der Waals surface area contributed by atoms with Crippen LogP contribution in [0.5, 0.6) is 5.75 Å². The molecule has 0 spiro atoms. The number of nitrogens with zero attached hydrogens (tertiary/aromatic N) is 5. The van der Waals surface area contributed by atoms with Gasteiger partial charge in [0.05, 0.1) is 30.7 Å². The first-order valence-electron chi connectivity index (χ1n) is 19.5. The first-order valence-corrected chi connectivity index (χ1v) is 21.0. The molecule has 0 aliphatic carbocycles. The maximum atomic E-state index is 14.4. The molecular weight excluding hydrogens is 714 g/mol. The lowest BCUT2D eigenvalue weighted by Gasteiger charge is -2.15. The van der Waals surface area contributed by atoms with E-state index in [0.717, 1.165) is 73.7 Å². The summed E-state index contributed by atoms with van der Waals surface area (Å²) in [4.78, 5) is 22.3. The minimum Gasteiger partial charge on any atom is -0.493 e. The smallest absolute Gasteiger partial charge is 0.354 e. The number of carbonyl (C=O) groups is 1. The third-order valence-corrected chi connectivity index (χ3v) is 10.9. The number of hydrogen-bond donors (Lipinski definition) is 0. The predicted molar refractivity (Wildman–Crippen MR) is 221 cm³/mol. The van der Waals surface area contributed by atoms with E-state index < -0.39 is 16.8 Å². The molecule has 1 unspecified atom stereocenters. The van der Waals surface area contributed by atoms with Crippen molar-refractivity contribution >= 4 is 38.4 Å². The summed E-state index contributed by atoms with van der Waals surface area (Å²) in [5.74, 6) is 0.766. The Balaban J connectivity index is 0.00000111. The Morgan fingerprint density at radius 3 is 2.44 bits per heavy atom. The molecule has 292 valence electrons. The highest BCUT2D eigenvalue weighted by Crippen LogP contribution is 2.38. The molecule has 9 nitrogen and oxygen atoms in total. The third-order valence-electron chi connectivity index (χ3n) is 9.55. The molecule has 55 heavy (non-hydrogen) atoms. The molecular formula is C44H54FN5O4S. The van der Waals surface area contributed by atoms with Gasteiger partial charge in [0, 0.05) is 70.1 Å². The van der Waals surface area contributed by atoms with Crippen molar-refractivity contribution in [1.82, 2.24) is 24.3 Å². The van der Waals surface area contributed by atoms with Gasteiger partial charge in [-0.3, -0.25) is 8.89 Å². The summed E-state index contributed by atoms with van der Waals surface area (Å²) in [6.07, 6.45) is 10.3. The summed E-state index contributed by atoms with van der Waals surface area (Å²) < 4.78 is 43.6. The number of halogens is 1. The molecule has 3 aromatic carbocycles. The van der Waals surface area contributed by atoms with E-state index in [2.05, 4.69) is 52.5 Å². The maximum Gasteiger partial charge on any atom is 0.354 e. The molecule has 1 aliphatic rings. The van der Waals surface area contributed by atoms with Gasteiger partial charge in [-0.1, -0.05) is 59.2 Å². The number of aryl methyl sites for hydroxylation is 6. The van der Waals surface area contributed by atoms with Gasteiger partial charge < -0.3 is 14.0 Å². The minimum atomic E-state index is -1.17. The van der Waals surface area contributed by atoms with E-state index in [1.54, 1.807) is 24.5 Å². The number of esters is 1. The molecule has 6 bridgehead atoms. The fourth-order valence-electron chi connectivity index (χ4n) is 7.24. The van der Waals surface area contributed by atoms with Crippen LogP contribution in [0.1, 0.15) is 92.4 Å². The van der Waals surface area contributed by atoms with Gasteiger partial charge in [0.1, 0.15) is 23.6 Å². The van der Waals surface area contributed by atoms with Gasteiger partial charge in [-0.2, -0.15) is 5.10 Å². The quantitative estimate of drug-likeness (QED) is 0.166. The third kappa shape index (κ3) is 9.50. The zero-order chi connectivity index (χ0) is 39.5. The summed E-state index contributed by atoms with van der Waals surface area (Å²) in [6.45, 7) is 11.2. The summed E-state index contributed by atoms with van der Waals surface area (Å²) >= 11 is 0. The number of rotatable bonds is 3. The molecule has 0 saturated heterocycles. The summed E-state index contributed by atoms with van der Waals surface area (Å²) in [7, 11) is 2.15. The Labute approximate surface area is 326 Å². The van der Waals surface area contributed by atoms with Crippen molar-refractivity contribution in [3.05, 3.63) is 107 Å². The summed E-state index contributed by atoms with van der Waals surface area (Å²) in [6, 6.07) is 15.0. The SMILES string of the molecule is CC.CCC.CCc1ccc2c3c(C(=O)OC)n(c2c1-c1cncnc1)CCCS(=O)Cc1cc(n(C)n1)CCc1cc(c2ccc(F)cc2c1)OCCC3. The average molecular weight is 768 g/mol. The standard InChI is InChI=1S/C39H40FN5O4S.C3H8.C2H6/c1-4-26-9-12-34-33-7-5-15-49-35-18-25(17-27-19-29(40)10-13-32(27)35)8-11-31-20-30(43-44(31)2)23-50(47)16-6-14-45(38(33)39(46)48-3)37(34)36(26)28-21-41-24-42-22-28;1-3-2;1-2/h9-10,12-13,17-22,24H,4-8,11,14-16,23H2,1-3H3;3H2,1-2H3;1-2H3. The highest BCUT2D eigenvalue weighted by atomic mass is 32.2. The number of methoxy groups -OCH3 is 1. The van der Waals surface area contributed by atoms with Crippen LogP contribution in [-0.2, 0) is 60.6 Å². The Morgan fingerprint density at radius 2 is 1.71 bits per heavy atom. The van der Waals surface area contributed by atoms with Crippen molar-refractivity contribution < 1.29 is 22.9 Å². The highest BCUT2D eigenvalue weighted by molar-refractivity contribution is 7.84. The van der Waals surface area contributed by atoms with Gasteiger partial charge in [0.25, 0.3) is 0 Å². The second-order valence-corrected chi connectivity index (χ2v) is 15.0. The Bertz CT molecular complexity index is 2250. The van der Waals surface area contributed by atoms with Crippen molar-refractivity contribution in [1.29, 1.82) is 0 Å². The lowest BCUT2D eigenvalue weighted by Crippen LogP contribution is -2.15. The van der Waals surface area contributed by atoms with Crippen molar-refractivity contribution in [3.8, 4) is 16.9 Å². The zero-order valence-corrected chi connectivity index (χ0v) is 34.1. The number of aromatic nitrogens is 5. The van der Waals surface area contributed by atoms with E-state index >= 15 is 0 Å². The molecule has 3 aromatic heterocycles. The van der Waals surface area contributed by atoms with Crippen LogP contribution in [0.4, 0.5) is 4.39 Å². The first-order chi connectivity index (χ1) is 26.8. The zero-order valence-electron chi connectivity index (χ0n) is 33.3. The molecule has 0 radical (unpaired) electrons. The van der Waals surface area contributed by atoms with Gasteiger partial charge >= 0.3 is 5.97 Å². The fraction of sp³-hybridized carbons (Fsp3) is 0.409. The van der Waals surface area contributed by atoms with Crippen LogP contribution in [0, 0.1) is 5.82 Å². The number of fused-ring (bicyclic) bond motifs is 11. The Kier molecular flexibility index (Phi) is 14.7. The molecule has 7 rings (SSSR count). The summed E-state index contributed by atoms with van der Waals surface area (Å²) in [5.41, 5.74) is 8.09. The molecule has 1 atom stereocenters. The van der Waals surface area contributed by atoms with Crippen LogP contribution in [-0.4, -0.2) is 54.0 Å². The van der Waals surface area contributed by atoms with Crippen molar-refractivity contribution in [2.45, 2.75) is 91.9 Å². The largest absolute Gasteiger partial charge is 0.493 e. The minimum absolute atomic E-state index is 0.300. The van der Waals surface area contributed by atoms with Crippen molar-refractivity contribution in [2.75, 3.05) is 19.5 Å². The van der Waals surface area contributed by atoms with Gasteiger partial charge in [0.2, 0.25) is 0 Å². The number of benzene rings is 3. The van der Waals surface area contributed by atoms with Gasteiger partial charge in [-0.05, 0) is 90.9 Å². The summed E-state index contributed by atoms with van der Waals surface area (Å²) in [5, 5.41) is 7.25. The van der Waals surface area contributed by atoms with E-state index in [1.807, 2.05) is 43.8 Å². The Morgan fingerprint density at radius 1 is 0.964 bits per heavy atom. The molecule has 0 saturated carbocycles. The average Bonchev–Trinajstić information content (AvgIpc) is 3.70. The lowest BCUT2D eigenvalue weighted by atomic mass is 9.95.